The second kappa shape index (κ2) is 4.35. The van der Waals surface area contributed by atoms with Gasteiger partial charge in [0.25, 0.3) is 0 Å². The van der Waals surface area contributed by atoms with E-state index in [1.807, 2.05) is 16.8 Å². The number of aryl methyl sites for hydroxylation is 1. The molecular formula is C10H9FN2OS. The third-order valence-corrected chi connectivity index (χ3v) is 2.73. The maximum absolute atomic E-state index is 12.2. The number of carbonyl (C=O) groups is 1. The molecule has 2 aromatic rings. The summed E-state index contributed by atoms with van der Waals surface area (Å²) < 4.78 is 13.6. The summed E-state index contributed by atoms with van der Waals surface area (Å²) in [4.78, 5) is 10.7. The Kier molecular flexibility index (Phi) is 2.91. The summed E-state index contributed by atoms with van der Waals surface area (Å²) in [6.07, 6.45) is 0.693. The summed E-state index contributed by atoms with van der Waals surface area (Å²) in [6, 6.07) is 3.59. The Hall–Kier alpha value is -1.49. The van der Waals surface area contributed by atoms with Crippen LogP contribution >= 0.6 is 11.3 Å². The number of aromatic nitrogens is 2. The Morgan fingerprint density at radius 1 is 1.60 bits per heavy atom. The molecule has 0 saturated carbocycles. The topological polar surface area (TPSA) is 34.9 Å². The Morgan fingerprint density at radius 3 is 3.07 bits per heavy atom. The monoisotopic (exact) mass is 224 g/mol. The normalized spacial score (nSPS) is 10.5. The van der Waals surface area contributed by atoms with Crippen LogP contribution in [-0.4, -0.2) is 22.7 Å². The predicted molar refractivity (Wildman–Crippen MR) is 56.9 cm³/mol. The summed E-state index contributed by atoms with van der Waals surface area (Å²) in [5.74, 6) is 0. The number of hydrogen-bond acceptors (Lipinski definition) is 3. The molecule has 0 fully saturated rings. The number of carbonyl (C=O) groups excluding carboxylic acids is 1. The zero-order valence-corrected chi connectivity index (χ0v) is 8.71. The van der Waals surface area contributed by atoms with E-state index >= 15 is 0 Å². The minimum Gasteiger partial charge on any atom is -0.296 e. The van der Waals surface area contributed by atoms with E-state index in [1.165, 1.54) is 4.68 Å². The van der Waals surface area contributed by atoms with Crippen LogP contribution in [-0.2, 0) is 6.54 Å². The minimum absolute atomic E-state index is 0.123. The maximum atomic E-state index is 12.2. The second-order valence-corrected chi connectivity index (χ2v) is 3.78. The van der Waals surface area contributed by atoms with Crippen molar-refractivity contribution in [2.24, 2.45) is 0 Å². The van der Waals surface area contributed by atoms with Crippen molar-refractivity contribution in [3.05, 3.63) is 28.6 Å². The fourth-order valence-corrected chi connectivity index (χ4v) is 1.99. The van der Waals surface area contributed by atoms with E-state index in [9.17, 15) is 9.18 Å². The first-order valence-corrected chi connectivity index (χ1v) is 5.41. The summed E-state index contributed by atoms with van der Waals surface area (Å²) in [5.41, 5.74) is 2.08. The molecule has 15 heavy (non-hydrogen) atoms. The van der Waals surface area contributed by atoms with Gasteiger partial charge in [0.1, 0.15) is 12.4 Å². The minimum atomic E-state index is -0.522. The van der Waals surface area contributed by atoms with Crippen molar-refractivity contribution < 1.29 is 9.18 Å². The van der Waals surface area contributed by atoms with Gasteiger partial charge in [-0.1, -0.05) is 0 Å². The first-order valence-electron chi connectivity index (χ1n) is 4.46. The number of hydrogen-bond donors (Lipinski definition) is 0. The second-order valence-electron chi connectivity index (χ2n) is 3.00. The zero-order valence-electron chi connectivity index (χ0n) is 7.89. The maximum Gasteiger partial charge on any atom is 0.168 e. The molecule has 0 aliphatic rings. The Bertz CT molecular complexity index is 450. The molecule has 0 radical (unpaired) electrons. The molecule has 0 spiro atoms. The van der Waals surface area contributed by atoms with Gasteiger partial charge >= 0.3 is 0 Å². The highest BCUT2D eigenvalue weighted by Crippen LogP contribution is 2.21. The predicted octanol–water partition coefficient (Wildman–Crippen LogP) is 2.39. The van der Waals surface area contributed by atoms with Crippen LogP contribution in [0.25, 0.3) is 11.3 Å². The first kappa shape index (κ1) is 10.0. The number of halogens is 1. The largest absolute Gasteiger partial charge is 0.296 e. The zero-order chi connectivity index (χ0) is 10.7. The average Bonchev–Trinajstić information content (AvgIpc) is 2.84. The van der Waals surface area contributed by atoms with Crippen molar-refractivity contribution in [3.8, 4) is 11.3 Å². The van der Waals surface area contributed by atoms with Crippen molar-refractivity contribution in [1.82, 2.24) is 9.78 Å². The molecule has 5 heteroatoms. The lowest BCUT2D eigenvalue weighted by atomic mass is 10.2. The van der Waals surface area contributed by atoms with E-state index in [0.29, 0.717) is 17.7 Å². The van der Waals surface area contributed by atoms with Gasteiger partial charge in [0.15, 0.2) is 6.29 Å². The van der Waals surface area contributed by atoms with Gasteiger partial charge in [-0.15, -0.1) is 0 Å². The van der Waals surface area contributed by atoms with Crippen LogP contribution in [0.4, 0.5) is 4.39 Å². The van der Waals surface area contributed by atoms with Gasteiger partial charge in [-0.25, -0.2) is 4.39 Å². The first-order chi connectivity index (χ1) is 7.35. The molecule has 3 nitrogen and oxygen atoms in total. The molecule has 0 unspecified atom stereocenters. The lowest BCUT2D eigenvalue weighted by Gasteiger charge is -1.97. The smallest absolute Gasteiger partial charge is 0.168 e. The van der Waals surface area contributed by atoms with Crippen LogP contribution in [0.3, 0.4) is 0 Å². The Balaban J connectivity index is 2.38. The van der Waals surface area contributed by atoms with E-state index in [0.717, 1.165) is 5.56 Å². The molecule has 78 valence electrons. The van der Waals surface area contributed by atoms with Gasteiger partial charge in [-0.05, 0) is 17.5 Å². The molecule has 0 bridgehead atoms. The van der Waals surface area contributed by atoms with E-state index in [-0.39, 0.29) is 6.54 Å². The summed E-state index contributed by atoms with van der Waals surface area (Å²) in [7, 11) is 0. The van der Waals surface area contributed by atoms with E-state index < -0.39 is 6.67 Å². The van der Waals surface area contributed by atoms with Gasteiger partial charge < -0.3 is 0 Å². The molecule has 2 heterocycles. The molecule has 2 aromatic heterocycles. The third-order valence-electron chi connectivity index (χ3n) is 2.05. The van der Waals surface area contributed by atoms with Crippen LogP contribution in [0, 0.1) is 0 Å². The number of thiophene rings is 1. The molecule has 0 aliphatic heterocycles. The van der Waals surface area contributed by atoms with Crippen LogP contribution in [0.2, 0.25) is 0 Å². The average molecular weight is 224 g/mol. The fourth-order valence-electron chi connectivity index (χ4n) is 1.34. The molecule has 0 aliphatic carbocycles. The summed E-state index contributed by atoms with van der Waals surface area (Å²) in [6.45, 7) is -0.399. The van der Waals surface area contributed by atoms with Crippen molar-refractivity contribution in [2.75, 3.05) is 6.67 Å². The van der Waals surface area contributed by atoms with Gasteiger partial charge in [-0.3, -0.25) is 9.48 Å². The van der Waals surface area contributed by atoms with Crippen LogP contribution in [0.15, 0.2) is 22.9 Å². The van der Waals surface area contributed by atoms with Crippen molar-refractivity contribution in [1.29, 1.82) is 0 Å². The van der Waals surface area contributed by atoms with E-state index in [1.54, 1.807) is 17.4 Å². The summed E-state index contributed by atoms with van der Waals surface area (Å²) in [5, 5.41) is 8.04. The molecule has 0 amide bonds. The third kappa shape index (κ3) is 1.97. The highest BCUT2D eigenvalue weighted by atomic mass is 32.1. The van der Waals surface area contributed by atoms with E-state index in [4.69, 9.17) is 0 Å². The van der Waals surface area contributed by atoms with Crippen LogP contribution in [0.5, 0.6) is 0 Å². The highest BCUT2D eigenvalue weighted by Gasteiger charge is 2.08. The molecule has 0 saturated heterocycles. The van der Waals surface area contributed by atoms with Crippen LogP contribution in [0.1, 0.15) is 10.5 Å². The molecule has 2 rings (SSSR count). The van der Waals surface area contributed by atoms with Crippen LogP contribution < -0.4 is 0 Å². The molecule has 0 atom stereocenters. The van der Waals surface area contributed by atoms with Crippen molar-refractivity contribution in [2.45, 2.75) is 6.54 Å². The lowest BCUT2D eigenvalue weighted by molar-refractivity contribution is 0.111. The summed E-state index contributed by atoms with van der Waals surface area (Å²) >= 11 is 1.56. The van der Waals surface area contributed by atoms with Gasteiger partial charge in [0.2, 0.25) is 0 Å². The SMILES string of the molecule is O=Cc1cc(-c2ccsc2)nn1CCF. The van der Waals surface area contributed by atoms with Gasteiger partial charge in [0.05, 0.1) is 12.2 Å². The molecule has 0 aromatic carbocycles. The van der Waals surface area contributed by atoms with Crippen molar-refractivity contribution >= 4 is 17.6 Å². The molecule has 0 N–H and O–H groups in total. The molecular weight excluding hydrogens is 215 g/mol. The number of aldehydes is 1. The van der Waals surface area contributed by atoms with Crippen molar-refractivity contribution in [3.63, 3.8) is 0 Å². The number of nitrogens with zero attached hydrogens (tertiary/aromatic N) is 2. The fraction of sp³-hybridized carbons (Fsp3) is 0.200. The Morgan fingerprint density at radius 2 is 2.47 bits per heavy atom. The Labute approximate surface area is 90.2 Å². The van der Waals surface area contributed by atoms with Gasteiger partial charge in [-0.2, -0.15) is 16.4 Å². The number of rotatable bonds is 4. The quantitative estimate of drug-likeness (QED) is 0.747. The lowest BCUT2D eigenvalue weighted by Crippen LogP contribution is -2.05. The number of alkyl halides is 1. The highest BCUT2D eigenvalue weighted by molar-refractivity contribution is 7.08. The van der Waals surface area contributed by atoms with E-state index in [2.05, 4.69) is 5.10 Å². The standard InChI is InChI=1S/C10H9FN2OS/c11-2-3-13-9(6-14)5-10(12-13)8-1-4-15-7-8/h1,4-7H,2-3H2. The van der Waals surface area contributed by atoms with Gasteiger partial charge in [0, 0.05) is 10.9 Å².